The molecule has 0 saturated carbocycles. The van der Waals surface area contributed by atoms with Gasteiger partial charge in [-0.1, -0.05) is 13.8 Å². The normalized spacial score (nSPS) is 12.5. The second-order valence-corrected chi connectivity index (χ2v) is 6.09. The lowest BCUT2D eigenvalue weighted by Crippen LogP contribution is -2.34. The Morgan fingerprint density at radius 3 is 2.32 bits per heavy atom. The minimum Gasteiger partial charge on any atom is -0.504 e. The van der Waals surface area contributed by atoms with Crippen LogP contribution in [0, 0.1) is 5.92 Å². The van der Waals surface area contributed by atoms with E-state index in [1.165, 1.54) is 5.57 Å². The zero-order valence-corrected chi connectivity index (χ0v) is 13.4. The first-order valence-electron chi connectivity index (χ1n) is 6.83. The average molecular weight is 271 g/mol. The lowest BCUT2D eigenvalue weighted by atomic mass is 10.00. The topological polar surface area (TPSA) is 38.8 Å². The number of hydrogen-bond acceptors (Lipinski definition) is 3. The van der Waals surface area contributed by atoms with Crippen molar-refractivity contribution >= 4 is 6.09 Å². The monoisotopic (exact) mass is 271 g/mol. The van der Waals surface area contributed by atoms with Crippen molar-refractivity contribution in [3.63, 3.8) is 0 Å². The van der Waals surface area contributed by atoms with Gasteiger partial charge in [0, 0.05) is 13.6 Å². The van der Waals surface area contributed by atoms with Crippen LogP contribution in [0.1, 0.15) is 47.5 Å². The van der Waals surface area contributed by atoms with Crippen LogP contribution in [0.2, 0.25) is 0 Å². The smallest absolute Gasteiger partial charge is 0.410 e. The fourth-order valence-corrected chi connectivity index (χ4v) is 1.59. The number of allylic oxidation sites excluding steroid dienone is 1. The first kappa shape index (κ1) is 17.8. The van der Waals surface area contributed by atoms with Crippen LogP contribution in [-0.4, -0.2) is 37.3 Å². The quantitative estimate of drug-likeness (QED) is 0.689. The van der Waals surface area contributed by atoms with E-state index < -0.39 is 5.60 Å². The summed E-state index contributed by atoms with van der Waals surface area (Å²) in [6, 6.07) is 0. The van der Waals surface area contributed by atoms with Crippen LogP contribution < -0.4 is 0 Å². The Labute approximate surface area is 117 Å². The van der Waals surface area contributed by atoms with Crippen molar-refractivity contribution in [2.75, 3.05) is 20.7 Å². The highest BCUT2D eigenvalue weighted by molar-refractivity contribution is 5.67. The Hall–Kier alpha value is -1.19. The lowest BCUT2D eigenvalue weighted by molar-refractivity contribution is 0.0297. The number of carbonyl (C=O) groups is 1. The third-order valence-corrected chi connectivity index (χ3v) is 2.67. The standard InChI is InChI=1S/C15H29NO3/c1-12(2)13(11-18-7)9-8-10-16(6)14(17)19-15(3,4)5/h11-12H,8-10H2,1-7H3. The fourth-order valence-electron chi connectivity index (χ4n) is 1.59. The first-order chi connectivity index (χ1) is 8.67. The van der Waals surface area contributed by atoms with Crippen molar-refractivity contribution in [2.45, 2.75) is 53.1 Å². The predicted octanol–water partition coefficient (Wildman–Crippen LogP) is 3.82. The summed E-state index contributed by atoms with van der Waals surface area (Å²) >= 11 is 0. The van der Waals surface area contributed by atoms with Gasteiger partial charge in [-0.05, 0) is 45.1 Å². The molecule has 0 saturated heterocycles. The van der Waals surface area contributed by atoms with Gasteiger partial charge in [-0.15, -0.1) is 0 Å². The summed E-state index contributed by atoms with van der Waals surface area (Å²) in [5.41, 5.74) is 0.824. The second-order valence-electron chi connectivity index (χ2n) is 6.09. The van der Waals surface area contributed by atoms with E-state index in [0.29, 0.717) is 12.5 Å². The number of methoxy groups -OCH3 is 1. The van der Waals surface area contributed by atoms with Crippen molar-refractivity contribution in [3.8, 4) is 0 Å². The summed E-state index contributed by atoms with van der Waals surface area (Å²) in [5.74, 6) is 0.465. The second kappa shape index (κ2) is 8.08. The van der Waals surface area contributed by atoms with Gasteiger partial charge in [-0.25, -0.2) is 4.79 Å². The van der Waals surface area contributed by atoms with Gasteiger partial charge in [0.2, 0.25) is 0 Å². The van der Waals surface area contributed by atoms with Crippen LogP contribution in [0.4, 0.5) is 4.79 Å². The Bertz CT molecular complexity index is 303. The maximum absolute atomic E-state index is 11.8. The molecule has 19 heavy (non-hydrogen) atoms. The largest absolute Gasteiger partial charge is 0.504 e. The molecular weight excluding hydrogens is 242 g/mol. The Balaban J connectivity index is 4.13. The summed E-state index contributed by atoms with van der Waals surface area (Å²) in [7, 11) is 3.43. The zero-order chi connectivity index (χ0) is 15.1. The summed E-state index contributed by atoms with van der Waals surface area (Å²) in [5, 5.41) is 0. The van der Waals surface area contributed by atoms with Crippen molar-refractivity contribution in [1.82, 2.24) is 4.90 Å². The van der Waals surface area contributed by atoms with Gasteiger partial charge < -0.3 is 14.4 Å². The molecule has 112 valence electrons. The summed E-state index contributed by atoms with van der Waals surface area (Å²) < 4.78 is 10.4. The van der Waals surface area contributed by atoms with E-state index in [2.05, 4.69) is 13.8 Å². The molecule has 4 nitrogen and oxygen atoms in total. The molecule has 0 spiro atoms. The molecule has 0 atom stereocenters. The van der Waals surface area contributed by atoms with E-state index in [-0.39, 0.29) is 6.09 Å². The van der Waals surface area contributed by atoms with Crippen molar-refractivity contribution in [3.05, 3.63) is 11.8 Å². The minimum atomic E-state index is -0.440. The van der Waals surface area contributed by atoms with Crippen molar-refractivity contribution in [2.24, 2.45) is 5.92 Å². The van der Waals surface area contributed by atoms with E-state index >= 15 is 0 Å². The maximum Gasteiger partial charge on any atom is 0.410 e. The highest BCUT2D eigenvalue weighted by atomic mass is 16.6. The van der Waals surface area contributed by atoms with Crippen molar-refractivity contribution < 1.29 is 14.3 Å². The van der Waals surface area contributed by atoms with E-state index in [4.69, 9.17) is 9.47 Å². The SMILES string of the molecule is COC=C(CCCN(C)C(=O)OC(C)(C)C)C(C)C. The van der Waals surface area contributed by atoms with Crippen LogP contribution >= 0.6 is 0 Å². The van der Waals surface area contributed by atoms with Crippen LogP contribution in [-0.2, 0) is 9.47 Å². The minimum absolute atomic E-state index is 0.269. The molecule has 4 heteroatoms. The van der Waals surface area contributed by atoms with Crippen LogP contribution in [0.15, 0.2) is 11.8 Å². The van der Waals surface area contributed by atoms with Gasteiger partial charge >= 0.3 is 6.09 Å². The number of ether oxygens (including phenoxy) is 2. The zero-order valence-electron chi connectivity index (χ0n) is 13.4. The summed E-state index contributed by atoms with van der Waals surface area (Å²) in [6.07, 6.45) is 3.37. The molecule has 0 aliphatic heterocycles. The number of hydrogen-bond donors (Lipinski definition) is 0. The number of rotatable bonds is 6. The number of carbonyl (C=O) groups excluding carboxylic acids is 1. The lowest BCUT2D eigenvalue weighted by Gasteiger charge is -2.24. The van der Waals surface area contributed by atoms with Gasteiger partial charge in [0.1, 0.15) is 5.60 Å². The van der Waals surface area contributed by atoms with Gasteiger partial charge in [0.15, 0.2) is 0 Å². The Morgan fingerprint density at radius 2 is 1.89 bits per heavy atom. The highest BCUT2D eigenvalue weighted by Crippen LogP contribution is 2.16. The summed E-state index contributed by atoms with van der Waals surface area (Å²) in [4.78, 5) is 13.4. The van der Waals surface area contributed by atoms with Gasteiger partial charge in [-0.2, -0.15) is 0 Å². The third-order valence-electron chi connectivity index (χ3n) is 2.67. The molecule has 0 aromatic rings. The molecule has 0 aliphatic carbocycles. The molecule has 0 N–H and O–H groups in total. The van der Waals surface area contributed by atoms with E-state index in [9.17, 15) is 4.79 Å². The molecule has 0 aromatic heterocycles. The molecule has 0 fully saturated rings. The molecule has 1 amide bonds. The van der Waals surface area contributed by atoms with Crippen molar-refractivity contribution in [1.29, 1.82) is 0 Å². The van der Waals surface area contributed by atoms with Crippen LogP contribution in [0.25, 0.3) is 0 Å². The van der Waals surface area contributed by atoms with E-state index in [1.807, 2.05) is 20.8 Å². The van der Waals surface area contributed by atoms with E-state index in [0.717, 1.165) is 12.8 Å². The predicted molar refractivity (Wildman–Crippen MR) is 78.0 cm³/mol. The third kappa shape index (κ3) is 8.51. The molecule has 0 aromatic carbocycles. The maximum atomic E-state index is 11.8. The Morgan fingerprint density at radius 1 is 1.32 bits per heavy atom. The number of amides is 1. The molecule has 0 heterocycles. The molecule has 0 rings (SSSR count). The van der Waals surface area contributed by atoms with E-state index in [1.54, 1.807) is 25.3 Å². The van der Waals surface area contributed by atoms with Gasteiger partial charge in [-0.3, -0.25) is 0 Å². The molecule has 0 bridgehead atoms. The van der Waals surface area contributed by atoms with Crippen LogP contribution in [0.3, 0.4) is 0 Å². The summed E-state index contributed by atoms with van der Waals surface area (Å²) in [6.45, 7) is 10.6. The Kier molecular flexibility index (Phi) is 7.57. The molecule has 0 radical (unpaired) electrons. The highest BCUT2D eigenvalue weighted by Gasteiger charge is 2.19. The van der Waals surface area contributed by atoms with Gasteiger partial charge in [0.05, 0.1) is 13.4 Å². The first-order valence-corrected chi connectivity index (χ1v) is 6.83. The number of nitrogens with zero attached hydrogens (tertiary/aromatic N) is 1. The van der Waals surface area contributed by atoms with Gasteiger partial charge in [0.25, 0.3) is 0 Å². The molecule has 0 aliphatic rings. The van der Waals surface area contributed by atoms with Crippen LogP contribution in [0.5, 0.6) is 0 Å². The molecule has 0 unspecified atom stereocenters. The molecular formula is C15H29NO3. The fraction of sp³-hybridized carbons (Fsp3) is 0.800. The average Bonchev–Trinajstić information content (AvgIpc) is 2.25.